The predicted octanol–water partition coefficient (Wildman–Crippen LogP) is 2.30. The summed E-state index contributed by atoms with van der Waals surface area (Å²) in [5, 5.41) is 0. The predicted molar refractivity (Wildman–Crippen MR) is 75.2 cm³/mol. The highest BCUT2D eigenvalue weighted by atomic mass is 19.1. The number of halogens is 1. The third-order valence-corrected chi connectivity index (χ3v) is 3.09. The van der Waals surface area contributed by atoms with Gasteiger partial charge in [-0.05, 0) is 18.6 Å². The zero-order valence-corrected chi connectivity index (χ0v) is 11.5. The van der Waals surface area contributed by atoms with Crippen LogP contribution in [0, 0.1) is 12.7 Å². The first-order valence-electron chi connectivity index (χ1n) is 6.19. The summed E-state index contributed by atoms with van der Waals surface area (Å²) in [6.07, 6.45) is 6.60. The molecule has 0 N–H and O–H groups in total. The van der Waals surface area contributed by atoms with Crippen LogP contribution in [0.5, 0.6) is 0 Å². The first kappa shape index (κ1) is 12.5. The second-order valence-electron chi connectivity index (χ2n) is 4.86. The largest absolute Gasteiger partial charge is 0.375 e. The van der Waals surface area contributed by atoms with Crippen molar-refractivity contribution >= 4 is 11.3 Å². The Kier molecular flexibility index (Phi) is 2.85. The highest BCUT2D eigenvalue weighted by Crippen LogP contribution is 2.19. The molecule has 0 spiro atoms. The van der Waals surface area contributed by atoms with Crippen molar-refractivity contribution in [2.24, 2.45) is 0 Å². The number of anilines is 1. The van der Waals surface area contributed by atoms with Crippen LogP contribution in [0.4, 0.5) is 10.1 Å². The van der Waals surface area contributed by atoms with Crippen molar-refractivity contribution in [1.29, 1.82) is 0 Å². The van der Waals surface area contributed by atoms with Gasteiger partial charge < -0.3 is 9.30 Å². The van der Waals surface area contributed by atoms with Gasteiger partial charge in [-0.3, -0.25) is 0 Å². The fourth-order valence-corrected chi connectivity index (χ4v) is 2.02. The zero-order valence-electron chi connectivity index (χ0n) is 11.5. The van der Waals surface area contributed by atoms with Crippen molar-refractivity contribution in [3.05, 3.63) is 42.2 Å². The number of pyridine rings is 1. The molecule has 0 amide bonds. The number of aromatic nitrogens is 4. The van der Waals surface area contributed by atoms with Crippen molar-refractivity contribution in [2.75, 3.05) is 19.0 Å². The molecule has 3 rings (SSSR count). The summed E-state index contributed by atoms with van der Waals surface area (Å²) >= 11 is 0. The number of rotatable bonds is 2. The van der Waals surface area contributed by atoms with Gasteiger partial charge >= 0.3 is 0 Å². The van der Waals surface area contributed by atoms with E-state index in [1.807, 2.05) is 25.9 Å². The first-order valence-corrected chi connectivity index (χ1v) is 6.19. The zero-order chi connectivity index (χ0) is 14.3. The Morgan fingerprint density at radius 2 is 1.85 bits per heavy atom. The van der Waals surface area contributed by atoms with E-state index in [0.29, 0.717) is 17.2 Å². The van der Waals surface area contributed by atoms with E-state index >= 15 is 0 Å². The molecule has 0 aliphatic carbocycles. The molecule has 0 aliphatic heterocycles. The van der Waals surface area contributed by atoms with Crippen LogP contribution in [-0.2, 0) is 0 Å². The maximum atomic E-state index is 13.4. The van der Waals surface area contributed by atoms with Gasteiger partial charge in [0.15, 0.2) is 5.82 Å². The molecule has 3 heterocycles. The summed E-state index contributed by atoms with van der Waals surface area (Å²) in [5.41, 5.74) is 3.03. The van der Waals surface area contributed by atoms with Gasteiger partial charge in [0.05, 0.1) is 18.1 Å². The van der Waals surface area contributed by atoms with E-state index in [-0.39, 0.29) is 5.82 Å². The van der Waals surface area contributed by atoms with Crippen LogP contribution in [0.25, 0.3) is 17.2 Å². The Labute approximate surface area is 115 Å². The number of nitrogens with zero attached hydrogens (tertiary/aromatic N) is 5. The average Bonchev–Trinajstić information content (AvgIpc) is 2.83. The van der Waals surface area contributed by atoms with E-state index in [0.717, 1.165) is 11.3 Å². The second kappa shape index (κ2) is 4.56. The smallest absolute Gasteiger partial charge is 0.179 e. The topological polar surface area (TPSA) is 46.3 Å². The summed E-state index contributed by atoms with van der Waals surface area (Å²) in [6, 6.07) is 1.46. The van der Waals surface area contributed by atoms with Crippen LogP contribution in [0.1, 0.15) is 5.56 Å². The Bertz CT molecular complexity index is 761. The van der Waals surface area contributed by atoms with Crippen LogP contribution in [-0.4, -0.2) is 33.4 Å². The molecule has 3 aromatic rings. The van der Waals surface area contributed by atoms with Gasteiger partial charge in [-0.2, -0.15) is 0 Å². The van der Waals surface area contributed by atoms with Crippen molar-refractivity contribution in [2.45, 2.75) is 6.92 Å². The van der Waals surface area contributed by atoms with E-state index in [4.69, 9.17) is 0 Å². The van der Waals surface area contributed by atoms with Crippen molar-refractivity contribution < 1.29 is 4.39 Å². The fourth-order valence-electron chi connectivity index (χ4n) is 2.02. The lowest BCUT2D eigenvalue weighted by Gasteiger charge is -2.10. The Morgan fingerprint density at radius 3 is 2.50 bits per heavy atom. The van der Waals surface area contributed by atoms with Crippen molar-refractivity contribution in [3.8, 4) is 11.5 Å². The number of imidazole rings is 1. The minimum atomic E-state index is -0.289. The Hall–Kier alpha value is -2.50. The molecule has 5 nitrogen and oxygen atoms in total. The molecular formula is C14H14FN5. The van der Waals surface area contributed by atoms with E-state index in [9.17, 15) is 4.39 Å². The number of aryl methyl sites for hydroxylation is 1. The molecule has 0 aliphatic rings. The third kappa shape index (κ3) is 2.09. The fraction of sp³-hybridized carbons (Fsp3) is 0.214. The lowest BCUT2D eigenvalue weighted by molar-refractivity contribution is 0.618. The molecule has 6 heteroatoms. The highest BCUT2D eigenvalue weighted by molar-refractivity contribution is 5.59. The van der Waals surface area contributed by atoms with Gasteiger partial charge in [-0.1, -0.05) is 0 Å². The lowest BCUT2D eigenvalue weighted by Crippen LogP contribution is -2.09. The molecule has 102 valence electrons. The van der Waals surface area contributed by atoms with Gasteiger partial charge in [-0.25, -0.2) is 19.3 Å². The monoisotopic (exact) mass is 271 g/mol. The van der Waals surface area contributed by atoms with Gasteiger partial charge in [0.1, 0.15) is 17.2 Å². The molecule has 3 aromatic heterocycles. The molecular weight excluding hydrogens is 257 g/mol. The highest BCUT2D eigenvalue weighted by Gasteiger charge is 2.10. The van der Waals surface area contributed by atoms with Gasteiger partial charge in [0, 0.05) is 26.5 Å². The number of hydrogen-bond donors (Lipinski definition) is 0. The van der Waals surface area contributed by atoms with E-state index in [2.05, 4.69) is 15.0 Å². The molecule has 0 radical (unpaired) electrons. The van der Waals surface area contributed by atoms with Gasteiger partial charge in [0.2, 0.25) is 0 Å². The quantitative estimate of drug-likeness (QED) is 0.717. The van der Waals surface area contributed by atoms with Crippen LogP contribution in [0.15, 0.2) is 30.9 Å². The second-order valence-corrected chi connectivity index (χ2v) is 4.86. The molecule has 0 bridgehead atoms. The summed E-state index contributed by atoms with van der Waals surface area (Å²) in [7, 11) is 3.85. The maximum Gasteiger partial charge on any atom is 0.179 e. The average molecular weight is 271 g/mol. The number of fused-ring (bicyclic) bond motifs is 1. The molecule has 20 heavy (non-hydrogen) atoms. The molecule has 0 unspecified atom stereocenters. The van der Waals surface area contributed by atoms with E-state index in [1.165, 1.54) is 12.3 Å². The lowest BCUT2D eigenvalue weighted by atomic mass is 10.3. The Balaban J connectivity index is 2.08. The summed E-state index contributed by atoms with van der Waals surface area (Å²) < 4.78 is 15.0. The van der Waals surface area contributed by atoms with Crippen LogP contribution < -0.4 is 4.90 Å². The minimum Gasteiger partial charge on any atom is -0.375 e. The third-order valence-electron chi connectivity index (χ3n) is 3.09. The molecule has 0 aromatic carbocycles. The summed E-state index contributed by atoms with van der Waals surface area (Å²) in [4.78, 5) is 15.0. The molecule has 0 saturated carbocycles. The number of hydrogen-bond acceptors (Lipinski definition) is 4. The summed E-state index contributed by atoms with van der Waals surface area (Å²) in [6.45, 7) is 1.82. The van der Waals surface area contributed by atoms with Crippen molar-refractivity contribution in [1.82, 2.24) is 19.4 Å². The van der Waals surface area contributed by atoms with Gasteiger partial charge in [-0.15, -0.1) is 0 Å². The summed E-state index contributed by atoms with van der Waals surface area (Å²) in [5.74, 6) is 0.238. The van der Waals surface area contributed by atoms with E-state index in [1.54, 1.807) is 23.0 Å². The van der Waals surface area contributed by atoms with Crippen LogP contribution >= 0.6 is 0 Å². The Morgan fingerprint density at radius 1 is 1.15 bits per heavy atom. The van der Waals surface area contributed by atoms with Gasteiger partial charge in [0.25, 0.3) is 0 Å². The normalized spacial score (nSPS) is 11.0. The molecule has 0 saturated heterocycles. The van der Waals surface area contributed by atoms with Crippen LogP contribution in [0.3, 0.4) is 0 Å². The molecule has 0 fully saturated rings. The van der Waals surface area contributed by atoms with E-state index < -0.39 is 0 Å². The first-order chi connectivity index (χ1) is 9.54. The van der Waals surface area contributed by atoms with Crippen LogP contribution in [0.2, 0.25) is 0 Å². The standard InChI is InChI=1S/C14H14FN5/c1-9-4-10(15)7-20-8-12(18-14(9)20)13-16-5-11(6-17-13)19(2)3/h4-8H,1-3H3. The molecule has 0 atom stereocenters. The maximum absolute atomic E-state index is 13.4. The van der Waals surface area contributed by atoms with Crippen molar-refractivity contribution in [3.63, 3.8) is 0 Å². The minimum absolute atomic E-state index is 0.289. The SMILES string of the molecule is Cc1cc(F)cn2cc(-c3ncc(N(C)C)cn3)nc12.